The minimum Gasteiger partial charge on any atom is -1.00 e. The molecule has 28 valence electrons. The van der Waals surface area contributed by atoms with Crippen molar-refractivity contribution < 1.29 is 88.8 Å². The van der Waals surface area contributed by atoms with Crippen LogP contribution >= 0.6 is 0 Å². The molecule has 0 N–H and O–H groups in total. The van der Waals surface area contributed by atoms with Crippen molar-refractivity contribution in [2.24, 2.45) is 0 Å². The molecule has 0 spiro atoms. The van der Waals surface area contributed by atoms with E-state index in [-0.39, 0.29) is 164 Å². The minimum absolute atomic E-state index is 0. The van der Waals surface area contributed by atoms with Crippen LogP contribution < -0.4 is 0 Å². The third-order valence-corrected chi connectivity index (χ3v) is 0. The summed E-state index contributed by atoms with van der Waals surface area (Å²) in [5.41, 5.74) is 0. The normalized spacial score (nSPS) is 0. The second kappa shape index (κ2) is 31.8. The summed E-state index contributed by atoms with van der Waals surface area (Å²) in [6, 6.07) is 0. The maximum Gasteiger partial charge on any atom is 0 e. The molecule has 0 saturated heterocycles. The van der Waals surface area contributed by atoms with Crippen LogP contribution in [0.5, 0.6) is 0 Å². The number of hydrogen-bond acceptors (Lipinski definition) is 0. The Hall–Kier alpha value is 5.27. The molecule has 0 bridgehead atoms. The quantitative estimate of drug-likeness (QED) is 0.270. The van der Waals surface area contributed by atoms with Crippen molar-refractivity contribution >= 4 is 75.1 Å². The zero-order chi connectivity index (χ0) is 0. The van der Waals surface area contributed by atoms with Gasteiger partial charge in [-0.15, -0.1) is 0 Å². The van der Waals surface area contributed by atoms with E-state index in [4.69, 9.17) is 0 Å². The SMILES string of the molecule is [Ba+2].[BiH3].[H-].[H-].[Nb].[Ta].[Ti].[Zn]. The molecular weight excluding hydrogens is 733 g/mol. The van der Waals surface area contributed by atoms with Crippen LogP contribution in [0.25, 0.3) is 0 Å². The predicted molar refractivity (Wildman–Crippen MR) is 17.9 cm³/mol. The third kappa shape index (κ3) is 22.8. The summed E-state index contributed by atoms with van der Waals surface area (Å²) in [6.07, 6.45) is 0. The summed E-state index contributed by atoms with van der Waals surface area (Å²) in [7, 11) is 0. The Kier molecular flexibility index (Phi) is 227. The van der Waals surface area contributed by atoms with Crippen LogP contribution in [-0.4, -0.2) is 75.1 Å². The summed E-state index contributed by atoms with van der Waals surface area (Å²) in [4.78, 5) is 0. The van der Waals surface area contributed by atoms with Crippen molar-refractivity contribution in [3.8, 4) is 0 Å². The standard InChI is InChI=1S/Ba.Bi.Nb.Ta.Ti.Zn.5H/q+2;;;;;;;;;2*-1. The van der Waals surface area contributed by atoms with Gasteiger partial charge < -0.3 is 2.85 Å². The monoisotopic (exact) mass is 738 g/mol. The van der Waals surface area contributed by atoms with Crippen LogP contribution in [0.2, 0.25) is 0 Å². The molecule has 6 heteroatoms. The summed E-state index contributed by atoms with van der Waals surface area (Å²) < 4.78 is 0. The van der Waals surface area contributed by atoms with Crippen molar-refractivity contribution in [3.63, 3.8) is 0 Å². The maximum absolute atomic E-state index is 0. The van der Waals surface area contributed by atoms with Crippen molar-refractivity contribution in [2.75, 3.05) is 0 Å². The number of hydrogen-bond donors (Lipinski definition) is 0. The molecule has 0 aliphatic heterocycles. The zero-order valence-electron chi connectivity index (χ0n) is 5.52. The van der Waals surface area contributed by atoms with Gasteiger partial charge in [0.05, 0.1) is 0 Å². The van der Waals surface area contributed by atoms with Gasteiger partial charge in [-0.2, -0.15) is 0 Å². The molecule has 0 aliphatic carbocycles. The average Bonchev–Trinajstić information content (AvgIpc) is 0. The van der Waals surface area contributed by atoms with E-state index < -0.39 is 0 Å². The Bertz CT molecular complexity index is 22.0. The molecule has 0 fully saturated rings. The van der Waals surface area contributed by atoms with E-state index in [1.807, 2.05) is 0 Å². The van der Waals surface area contributed by atoms with Crippen molar-refractivity contribution in [1.29, 1.82) is 0 Å². The second-order valence-corrected chi connectivity index (χ2v) is 0. The van der Waals surface area contributed by atoms with Crippen LogP contribution in [0.15, 0.2) is 0 Å². The van der Waals surface area contributed by atoms with E-state index in [1.54, 1.807) is 0 Å². The van der Waals surface area contributed by atoms with Crippen LogP contribution in [0.3, 0.4) is 0 Å². The van der Waals surface area contributed by atoms with Crippen molar-refractivity contribution in [2.45, 2.75) is 0 Å². The molecule has 0 rings (SSSR count). The van der Waals surface area contributed by atoms with E-state index in [0.29, 0.717) is 0 Å². The largest absolute Gasteiger partial charge is 1.00 e. The average molecular weight is 738 g/mol. The van der Waals surface area contributed by atoms with Crippen molar-refractivity contribution in [1.82, 2.24) is 0 Å². The fourth-order valence-electron chi connectivity index (χ4n) is 0. The molecule has 0 aromatic heterocycles. The van der Waals surface area contributed by atoms with Gasteiger partial charge in [0, 0.05) is 86.0 Å². The molecule has 0 unspecified atom stereocenters. The Labute approximate surface area is 159 Å². The molecule has 0 amide bonds. The van der Waals surface area contributed by atoms with Gasteiger partial charge in [0.1, 0.15) is 0 Å². The molecule has 0 nitrogen and oxygen atoms in total. The fraction of sp³-hybridized carbons (Fsp3) is 0. The molecule has 0 atom stereocenters. The predicted octanol–water partition coefficient (Wildman–Crippen LogP) is -1.35. The van der Waals surface area contributed by atoms with E-state index in [0.717, 1.165) is 0 Å². The fourth-order valence-corrected chi connectivity index (χ4v) is 0. The summed E-state index contributed by atoms with van der Waals surface area (Å²) in [5, 5.41) is 0. The van der Waals surface area contributed by atoms with E-state index in [9.17, 15) is 0 Å². The van der Waals surface area contributed by atoms with Gasteiger partial charge in [0.15, 0.2) is 0 Å². The Morgan fingerprint density at radius 2 is 1.17 bits per heavy atom. The molecular formula is H5BaBiNbTaTiZn. The van der Waals surface area contributed by atoms with Gasteiger partial charge in [0.2, 0.25) is 0 Å². The molecule has 0 aromatic carbocycles. The molecule has 0 aromatic rings. The smallest absolute Gasteiger partial charge is 0 e. The zero-order valence-corrected chi connectivity index (χ0v) is 23.4. The van der Waals surface area contributed by atoms with Crippen molar-refractivity contribution in [3.05, 3.63) is 0 Å². The summed E-state index contributed by atoms with van der Waals surface area (Å²) in [6.45, 7) is 0. The van der Waals surface area contributed by atoms with Gasteiger partial charge in [-0.3, -0.25) is 0 Å². The van der Waals surface area contributed by atoms with E-state index >= 15 is 0 Å². The Morgan fingerprint density at radius 3 is 1.17 bits per heavy atom. The minimum atomic E-state index is 0. The maximum atomic E-state index is 0. The summed E-state index contributed by atoms with van der Waals surface area (Å²) in [5.74, 6) is 0. The second-order valence-electron chi connectivity index (χ2n) is 0. The van der Waals surface area contributed by atoms with E-state index in [2.05, 4.69) is 0 Å². The van der Waals surface area contributed by atoms with Gasteiger partial charge in [-0.1, -0.05) is 0 Å². The Balaban J connectivity index is 0. The van der Waals surface area contributed by atoms with Gasteiger partial charge in [0.25, 0.3) is 0 Å². The summed E-state index contributed by atoms with van der Waals surface area (Å²) >= 11 is 0. The van der Waals surface area contributed by atoms with Crippen LogP contribution in [-0.2, 0) is 86.0 Å². The first-order chi connectivity index (χ1) is 0. The first-order valence-electron chi connectivity index (χ1n) is 0. The molecule has 6 heavy (non-hydrogen) atoms. The van der Waals surface area contributed by atoms with Crippen LogP contribution in [0.1, 0.15) is 2.85 Å². The topological polar surface area (TPSA) is 0 Å². The molecule has 0 aliphatic rings. The van der Waals surface area contributed by atoms with Crippen LogP contribution in [0.4, 0.5) is 0 Å². The van der Waals surface area contributed by atoms with Crippen LogP contribution in [0, 0.1) is 0 Å². The first-order valence-corrected chi connectivity index (χ1v) is 0. The van der Waals surface area contributed by atoms with E-state index in [1.165, 1.54) is 0 Å². The van der Waals surface area contributed by atoms with Gasteiger partial charge in [-0.05, 0) is 0 Å². The molecule has 2 radical (unpaired) electrons. The Morgan fingerprint density at radius 1 is 1.17 bits per heavy atom. The first kappa shape index (κ1) is 42.8. The third-order valence-electron chi connectivity index (χ3n) is 0. The van der Waals surface area contributed by atoms with Gasteiger partial charge in [-0.25, -0.2) is 0 Å². The molecule has 0 heterocycles. The molecule has 0 saturated carbocycles. The number of rotatable bonds is 0. The van der Waals surface area contributed by atoms with Gasteiger partial charge >= 0.3 is 75.1 Å².